The lowest BCUT2D eigenvalue weighted by Gasteiger charge is -2.25. The summed E-state index contributed by atoms with van der Waals surface area (Å²) in [6, 6.07) is 9.01. The van der Waals surface area contributed by atoms with Crippen molar-refractivity contribution in [3.05, 3.63) is 29.8 Å². The van der Waals surface area contributed by atoms with Gasteiger partial charge in [-0.2, -0.15) is 0 Å². The quantitative estimate of drug-likeness (QED) is 0.832. The molecule has 1 fully saturated rings. The molecule has 1 aliphatic carbocycles. The molecule has 1 unspecified atom stereocenters. The molecule has 1 aromatic rings. The molecule has 2 heteroatoms. The van der Waals surface area contributed by atoms with Gasteiger partial charge in [0.25, 0.3) is 0 Å². The summed E-state index contributed by atoms with van der Waals surface area (Å²) in [7, 11) is 1.76. The molecule has 100 valence electrons. The Bertz CT molecular complexity index is 358. The summed E-state index contributed by atoms with van der Waals surface area (Å²) >= 11 is 0. The van der Waals surface area contributed by atoms with Crippen LogP contribution in [-0.2, 0) is 6.42 Å². The molecule has 1 atom stereocenters. The van der Waals surface area contributed by atoms with Crippen molar-refractivity contribution in [2.24, 2.45) is 5.92 Å². The number of hydrogen-bond acceptors (Lipinski definition) is 2. The molecule has 0 heterocycles. The predicted molar refractivity (Wildman–Crippen MR) is 76.1 cm³/mol. The minimum Gasteiger partial charge on any atom is -0.496 e. The summed E-state index contributed by atoms with van der Waals surface area (Å²) < 4.78 is 5.46. The van der Waals surface area contributed by atoms with E-state index in [1.54, 1.807) is 7.11 Å². The molecule has 2 rings (SSSR count). The number of methoxy groups -OCH3 is 1. The van der Waals surface area contributed by atoms with Crippen molar-refractivity contribution in [2.45, 2.75) is 45.1 Å². The van der Waals surface area contributed by atoms with E-state index in [4.69, 9.17) is 4.74 Å². The van der Waals surface area contributed by atoms with Crippen LogP contribution in [0.15, 0.2) is 24.3 Å². The first kappa shape index (κ1) is 13.4. The fourth-order valence-corrected chi connectivity index (χ4v) is 3.14. The maximum absolute atomic E-state index is 5.46. The van der Waals surface area contributed by atoms with Gasteiger partial charge in [-0.05, 0) is 43.4 Å². The van der Waals surface area contributed by atoms with E-state index in [1.807, 2.05) is 6.07 Å². The first-order valence-electron chi connectivity index (χ1n) is 7.20. The molecule has 18 heavy (non-hydrogen) atoms. The molecule has 0 aromatic heterocycles. The topological polar surface area (TPSA) is 21.3 Å². The molecule has 1 N–H and O–H groups in total. The lowest BCUT2D eigenvalue weighted by Crippen LogP contribution is -2.37. The Morgan fingerprint density at radius 2 is 2.00 bits per heavy atom. The zero-order chi connectivity index (χ0) is 12.8. The van der Waals surface area contributed by atoms with Gasteiger partial charge in [-0.25, -0.2) is 0 Å². The molecular weight excluding hydrogens is 222 g/mol. The van der Waals surface area contributed by atoms with Gasteiger partial charge in [0.15, 0.2) is 0 Å². The van der Waals surface area contributed by atoms with Gasteiger partial charge < -0.3 is 10.1 Å². The van der Waals surface area contributed by atoms with Crippen LogP contribution < -0.4 is 10.1 Å². The number of likely N-dealkylation sites (N-methyl/N-ethyl adjacent to an activating group) is 1. The van der Waals surface area contributed by atoms with E-state index in [9.17, 15) is 0 Å². The molecular formula is C16H25NO. The van der Waals surface area contributed by atoms with Crippen molar-refractivity contribution >= 4 is 0 Å². The highest BCUT2D eigenvalue weighted by molar-refractivity contribution is 5.34. The highest BCUT2D eigenvalue weighted by Gasteiger charge is 2.25. The van der Waals surface area contributed by atoms with E-state index in [1.165, 1.54) is 31.2 Å². The van der Waals surface area contributed by atoms with Gasteiger partial charge in [-0.1, -0.05) is 38.0 Å². The fraction of sp³-hybridized carbons (Fsp3) is 0.625. The molecule has 0 radical (unpaired) electrons. The third kappa shape index (κ3) is 3.26. The lowest BCUT2D eigenvalue weighted by molar-refractivity contribution is 0.353. The van der Waals surface area contributed by atoms with E-state index >= 15 is 0 Å². The van der Waals surface area contributed by atoms with E-state index in [0.29, 0.717) is 6.04 Å². The minimum atomic E-state index is 0.605. The van der Waals surface area contributed by atoms with Gasteiger partial charge in [-0.15, -0.1) is 0 Å². The van der Waals surface area contributed by atoms with Crippen molar-refractivity contribution < 1.29 is 4.74 Å². The van der Waals surface area contributed by atoms with Crippen molar-refractivity contribution in [2.75, 3.05) is 13.7 Å². The average Bonchev–Trinajstić information content (AvgIpc) is 2.92. The molecule has 0 bridgehead atoms. The predicted octanol–water partition coefficient (Wildman–Crippen LogP) is 3.41. The summed E-state index contributed by atoms with van der Waals surface area (Å²) in [5.41, 5.74) is 1.33. The van der Waals surface area contributed by atoms with Gasteiger partial charge in [-0.3, -0.25) is 0 Å². The number of nitrogens with one attached hydrogen (secondary N) is 1. The fourth-order valence-electron chi connectivity index (χ4n) is 3.14. The molecule has 2 nitrogen and oxygen atoms in total. The Kier molecular flexibility index (Phi) is 5.06. The van der Waals surface area contributed by atoms with Gasteiger partial charge in [0.05, 0.1) is 7.11 Å². The largest absolute Gasteiger partial charge is 0.496 e. The van der Waals surface area contributed by atoms with Crippen molar-refractivity contribution in [3.8, 4) is 5.75 Å². The molecule has 1 aliphatic rings. The van der Waals surface area contributed by atoms with Crippen LogP contribution in [0.5, 0.6) is 5.75 Å². The van der Waals surface area contributed by atoms with Crippen LogP contribution in [0, 0.1) is 5.92 Å². The summed E-state index contributed by atoms with van der Waals surface area (Å²) in [4.78, 5) is 0. The monoisotopic (exact) mass is 247 g/mol. The molecule has 1 aromatic carbocycles. The molecule has 1 saturated carbocycles. The molecule has 0 aliphatic heterocycles. The number of rotatable bonds is 6. The lowest BCUT2D eigenvalue weighted by atomic mass is 9.92. The van der Waals surface area contributed by atoms with Crippen LogP contribution in [-0.4, -0.2) is 19.7 Å². The van der Waals surface area contributed by atoms with Crippen LogP contribution >= 0.6 is 0 Å². The zero-order valence-electron chi connectivity index (χ0n) is 11.6. The Balaban J connectivity index is 2.07. The van der Waals surface area contributed by atoms with Crippen LogP contribution in [0.4, 0.5) is 0 Å². The zero-order valence-corrected chi connectivity index (χ0v) is 11.6. The first-order valence-corrected chi connectivity index (χ1v) is 7.20. The Morgan fingerprint density at radius 1 is 1.28 bits per heavy atom. The van der Waals surface area contributed by atoms with E-state index in [-0.39, 0.29) is 0 Å². The van der Waals surface area contributed by atoms with Gasteiger partial charge >= 0.3 is 0 Å². The number of benzene rings is 1. The number of para-hydroxylation sites is 1. The van der Waals surface area contributed by atoms with Crippen LogP contribution in [0.2, 0.25) is 0 Å². The number of ether oxygens (including phenoxy) is 1. The average molecular weight is 247 g/mol. The van der Waals surface area contributed by atoms with Crippen LogP contribution in [0.3, 0.4) is 0 Å². The SMILES string of the molecule is CCNC(Cc1ccccc1OC)C1CCCC1. The summed E-state index contributed by atoms with van der Waals surface area (Å²) in [6.45, 7) is 3.25. The Labute approximate surface area is 111 Å². The maximum Gasteiger partial charge on any atom is 0.122 e. The third-order valence-corrected chi connectivity index (χ3v) is 4.07. The van der Waals surface area contributed by atoms with Crippen LogP contribution in [0.1, 0.15) is 38.2 Å². The maximum atomic E-state index is 5.46. The molecule has 0 saturated heterocycles. The van der Waals surface area contributed by atoms with E-state index in [0.717, 1.165) is 24.6 Å². The highest BCUT2D eigenvalue weighted by Crippen LogP contribution is 2.30. The highest BCUT2D eigenvalue weighted by atomic mass is 16.5. The van der Waals surface area contributed by atoms with Crippen molar-refractivity contribution in [1.82, 2.24) is 5.32 Å². The van der Waals surface area contributed by atoms with Gasteiger partial charge in [0.2, 0.25) is 0 Å². The Hall–Kier alpha value is -1.02. The van der Waals surface area contributed by atoms with Gasteiger partial charge in [0.1, 0.15) is 5.75 Å². The minimum absolute atomic E-state index is 0.605. The normalized spacial score (nSPS) is 17.9. The Morgan fingerprint density at radius 3 is 2.67 bits per heavy atom. The second-order valence-corrected chi connectivity index (χ2v) is 5.22. The van der Waals surface area contributed by atoms with Crippen LogP contribution in [0.25, 0.3) is 0 Å². The van der Waals surface area contributed by atoms with Gasteiger partial charge in [0, 0.05) is 6.04 Å². The van der Waals surface area contributed by atoms with Crippen molar-refractivity contribution in [1.29, 1.82) is 0 Å². The smallest absolute Gasteiger partial charge is 0.122 e. The summed E-state index contributed by atoms with van der Waals surface area (Å²) in [5.74, 6) is 1.87. The standard InChI is InChI=1S/C16H25NO/c1-3-17-15(13-8-4-5-9-13)12-14-10-6-7-11-16(14)18-2/h6-7,10-11,13,15,17H,3-5,8-9,12H2,1-2H3. The second-order valence-electron chi connectivity index (χ2n) is 5.22. The van der Waals surface area contributed by atoms with E-state index in [2.05, 4.69) is 30.4 Å². The summed E-state index contributed by atoms with van der Waals surface area (Å²) in [6.07, 6.45) is 6.65. The number of hydrogen-bond donors (Lipinski definition) is 1. The van der Waals surface area contributed by atoms with E-state index < -0.39 is 0 Å². The summed E-state index contributed by atoms with van der Waals surface area (Å²) in [5, 5.41) is 3.67. The second kappa shape index (κ2) is 6.79. The van der Waals surface area contributed by atoms with Crippen molar-refractivity contribution in [3.63, 3.8) is 0 Å². The third-order valence-electron chi connectivity index (χ3n) is 4.07. The first-order chi connectivity index (χ1) is 8.85. The molecule has 0 amide bonds. The molecule has 0 spiro atoms.